The van der Waals surface area contributed by atoms with E-state index < -0.39 is 28.5 Å². The van der Waals surface area contributed by atoms with Crippen LogP contribution in [0.25, 0.3) is 0 Å². The number of nitrogens with zero attached hydrogens (tertiary/aromatic N) is 2. The van der Waals surface area contributed by atoms with Crippen molar-refractivity contribution in [3.05, 3.63) is 94.5 Å². The third kappa shape index (κ3) is 7.45. The van der Waals surface area contributed by atoms with E-state index in [4.69, 9.17) is 0 Å². The summed E-state index contributed by atoms with van der Waals surface area (Å²) in [6, 6.07) is 21.6. The van der Waals surface area contributed by atoms with Gasteiger partial charge in [-0.2, -0.15) is 0 Å². The van der Waals surface area contributed by atoms with Crippen LogP contribution in [0.5, 0.6) is 0 Å². The Labute approximate surface area is 234 Å². The molecule has 1 N–H and O–H groups in total. The Morgan fingerprint density at radius 3 is 2.21 bits per heavy atom. The van der Waals surface area contributed by atoms with E-state index in [0.717, 1.165) is 26.3 Å². The van der Waals surface area contributed by atoms with E-state index in [2.05, 4.69) is 21.2 Å². The molecule has 2 amide bonds. The number of nitrogens with one attached hydrogen (secondary N) is 1. The quantitative estimate of drug-likeness (QED) is 0.324. The molecule has 0 aliphatic heterocycles. The van der Waals surface area contributed by atoms with E-state index in [0.29, 0.717) is 5.69 Å². The Morgan fingerprint density at radius 1 is 0.947 bits per heavy atom. The molecule has 0 fully saturated rings. The number of sulfonamides is 1. The smallest absolute Gasteiger partial charge is 0.264 e. The first kappa shape index (κ1) is 29.4. The maximum atomic E-state index is 13.9. The Bertz CT molecular complexity index is 1350. The monoisotopic (exact) mass is 599 g/mol. The van der Waals surface area contributed by atoms with E-state index in [1.54, 1.807) is 49.4 Å². The van der Waals surface area contributed by atoms with E-state index in [1.165, 1.54) is 17.0 Å². The summed E-state index contributed by atoms with van der Waals surface area (Å²) in [7, 11) is -4.07. The second-order valence-electron chi connectivity index (χ2n) is 9.31. The maximum Gasteiger partial charge on any atom is 0.264 e. The van der Waals surface area contributed by atoms with Gasteiger partial charge in [-0.1, -0.05) is 70.9 Å². The van der Waals surface area contributed by atoms with Gasteiger partial charge < -0.3 is 10.2 Å². The highest BCUT2D eigenvalue weighted by molar-refractivity contribution is 9.10. The summed E-state index contributed by atoms with van der Waals surface area (Å²) in [6.45, 7) is 7.11. The van der Waals surface area contributed by atoms with E-state index in [1.807, 2.05) is 45.0 Å². The third-order valence-electron chi connectivity index (χ3n) is 6.34. The molecule has 0 aliphatic carbocycles. The van der Waals surface area contributed by atoms with Crippen LogP contribution in [-0.4, -0.2) is 43.8 Å². The molecule has 9 heteroatoms. The van der Waals surface area contributed by atoms with Gasteiger partial charge in [0.2, 0.25) is 11.8 Å². The molecule has 38 heavy (non-hydrogen) atoms. The molecular weight excluding hydrogens is 566 g/mol. The molecule has 0 radical (unpaired) electrons. The predicted molar refractivity (Wildman–Crippen MR) is 154 cm³/mol. The molecule has 0 saturated heterocycles. The van der Waals surface area contributed by atoms with Crippen LogP contribution < -0.4 is 9.62 Å². The van der Waals surface area contributed by atoms with Crippen molar-refractivity contribution in [2.24, 2.45) is 0 Å². The number of hydrogen-bond donors (Lipinski definition) is 1. The minimum absolute atomic E-state index is 0.0599. The van der Waals surface area contributed by atoms with Crippen LogP contribution in [0.1, 0.15) is 38.3 Å². The number of anilines is 1. The van der Waals surface area contributed by atoms with Crippen LogP contribution >= 0.6 is 15.9 Å². The average molecular weight is 601 g/mol. The van der Waals surface area contributed by atoms with Crippen LogP contribution in [-0.2, 0) is 26.2 Å². The van der Waals surface area contributed by atoms with Crippen molar-refractivity contribution in [1.29, 1.82) is 0 Å². The molecule has 0 aromatic heterocycles. The molecule has 0 saturated carbocycles. The lowest BCUT2D eigenvalue weighted by Gasteiger charge is -2.32. The minimum atomic E-state index is -4.07. The summed E-state index contributed by atoms with van der Waals surface area (Å²) in [6.07, 6.45) is 0.745. The molecule has 3 rings (SSSR count). The second kappa shape index (κ2) is 13.1. The van der Waals surface area contributed by atoms with E-state index >= 15 is 0 Å². The van der Waals surface area contributed by atoms with E-state index in [-0.39, 0.29) is 23.4 Å². The van der Waals surface area contributed by atoms with Gasteiger partial charge in [0.15, 0.2) is 0 Å². The number of benzene rings is 3. The standard InChI is InChI=1S/C29H34BrN3O4S/c1-5-22(3)31-29(35)23(4)32(19-24-10-9-11-25(30)18-24)28(34)20-33(26-16-14-21(2)15-17-26)38(36,37)27-12-7-6-8-13-27/h6-18,22-23H,5,19-20H2,1-4H3,(H,31,35)/t22-,23+/m1/s1. The SMILES string of the molecule is CC[C@@H](C)NC(=O)[C@H](C)N(Cc1cccc(Br)c1)C(=O)CN(c1ccc(C)cc1)S(=O)(=O)c1ccccc1. The highest BCUT2D eigenvalue weighted by Gasteiger charge is 2.32. The zero-order valence-corrected chi connectivity index (χ0v) is 24.5. The first-order chi connectivity index (χ1) is 18.0. The molecule has 202 valence electrons. The molecule has 3 aromatic carbocycles. The Balaban J connectivity index is 2.01. The molecular formula is C29H34BrN3O4S. The van der Waals surface area contributed by atoms with Crippen molar-refractivity contribution < 1.29 is 18.0 Å². The van der Waals surface area contributed by atoms with Crippen molar-refractivity contribution in [1.82, 2.24) is 10.2 Å². The van der Waals surface area contributed by atoms with Crippen molar-refractivity contribution >= 4 is 43.5 Å². The minimum Gasteiger partial charge on any atom is -0.352 e. The summed E-state index contributed by atoms with van der Waals surface area (Å²) in [4.78, 5) is 28.5. The Kier molecular flexibility index (Phi) is 10.1. The highest BCUT2D eigenvalue weighted by Crippen LogP contribution is 2.25. The van der Waals surface area contributed by atoms with Crippen molar-refractivity contribution in [2.75, 3.05) is 10.8 Å². The van der Waals surface area contributed by atoms with Gasteiger partial charge in [0, 0.05) is 17.1 Å². The average Bonchev–Trinajstić information content (AvgIpc) is 2.90. The summed E-state index contributed by atoms with van der Waals surface area (Å²) in [5.41, 5.74) is 2.14. The summed E-state index contributed by atoms with van der Waals surface area (Å²) < 4.78 is 29.4. The molecule has 0 aliphatic rings. The van der Waals surface area contributed by atoms with Crippen LogP contribution in [0.3, 0.4) is 0 Å². The van der Waals surface area contributed by atoms with Gasteiger partial charge in [0.05, 0.1) is 10.6 Å². The zero-order chi connectivity index (χ0) is 27.9. The Hall–Kier alpha value is -3.17. The lowest BCUT2D eigenvalue weighted by molar-refractivity contribution is -0.139. The van der Waals surface area contributed by atoms with Crippen molar-refractivity contribution in [3.8, 4) is 0 Å². The Morgan fingerprint density at radius 2 is 1.61 bits per heavy atom. The third-order valence-corrected chi connectivity index (χ3v) is 8.62. The molecule has 7 nitrogen and oxygen atoms in total. The van der Waals surface area contributed by atoms with Gasteiger partial charge in [-0.05, 0) is 69.2 Å². The lowest BCUT2D eigenvalue weighted by Crippen LogP contribution is -2.52. The number of carbonyl (C=O) groups excluding carboxylic acids is 2. The number of amides is 2. The fraction of sp³-hybridized carbons (Fsp3) is 0.310. The van der Waals surface area contributed by atoms with Crippen LogP contribution in [0.4, 0.5) is 5.69 Å². The van der Waals surface area contributed by atoms with Crippen LogP contribution in [0, 0.1) is 6.92 Å². The fourth-order valence-electron chi connectivity index (χ4n) is 3.84. The summed E-state index contributed by atoms with van der Waals surface area (Å²) >= 11 is 3.46. The molecule has 0 spiro atoms. The molecule has 2 atom stereocenters. The number of hydrogen-bond acceptors (Lipinski definition) is 4. The zero-order valence-electron chi connectivity index (χ0n) is 22.1. The van der Waals surface area contributed by atoms with Gasteiger partial charge >= 0.3 is 0 Å². The number of aryl methyl sites for hydroxylation is 1. The number of rotatable bonds is 11. The normalized spacial score (nSPS) is 12.9. The van der Waals surface area contributed by atoms with Gasteiger partial charge in [0.25, 0.3) is 10.0 Å². The molecule has 0 unspecified atom stereocenters. The summed E-state index contributed by atoms with van der Waals surface area (Å²) in [5.74, 6) is -0.785. The van der Waals surface area contributed by atoms with E-state index in [9.17, 15) is 18.0 Å². The number of carbonyl (C=O) groups is 2. The first-order valence-electron chi connectivity index (χ1n) is 12.5. The van der Waals surface area contributed by atoms with Crippen LogP contribution in [0.2, 0.25) is 0 Å². The highest BCUT2D eigenvalue weighted by atomic mass is 79.9. The molecule has 0 bridgehead atoms. The largest absolute Gasteiger partial charge is 0.352 e. The van der Waals surface area contributed by atoms with Crippen LogP contribution in [0.15, 0.2) is 88.2 Å². The summed E-state index contributed by atoms with van der Waals surface area (Å²) in [5, 5.41) is 2.94. The second-order valence-corrected chi connectivity index (χ2v) is 12.1. The fourth-order valence-corrected chi connectivity index (χ4v) is 5.72. The van der Waals surface area contributed by atoms with Crippen molar-refractivity contribution in [3.63, 3.8) is 0 Å². The first-order valence-corrected chi connectivity index (χ1v) is 14.7. The van der Waals surface area contributed by atoms with Gasteiger partial charge in [-0.15, -0.1) is 0 Å². The van der Waals surface area contributed by atoms with Crippen molar-refractivity contribution in [2.45, 2.75) is 57.6 Å². The van der Waals surface area contributed by atoms with Gasteiger partial charge in [-0.3, -0.25) is 13.9 Å². The van der Waals surface area contributed by atoms with Gasteiger partial charge in [0.1, 0.15) is 12.6 Å². The molecule has 0 heterocycles. The predicted octanol–water partition coefficient (Wildman–Crippen LogP) is 5.28. The lowest BCUT2D eigenvalue weighted by atomic mass is 10.1. The maximum absolute atomic E-state index is 13.9. The number of halogens is 1. The molecule has 3 aromatic rings. The van der Waals surface area contributed by atoms with Gasteiger partial charge in [-0.25, -0.2) is 8.42 Å². The topological polar surface area (TPSA) is 86.8 Å².